The second kappa shape index (κ2) is 14.9. The lowest BCUT2D eigenvalue weighted by atomic mass is 9.84. The van der Waals surface area contributed by atoms with Crippen molar-refractivity contribution in [3.8, 4) is 16.9 Å². The summed E-state index contributed by atoms with van der Waals surface area (Å²) in [5.74, 6) is -3.65. The van der Waals surface area contributed by atoms with E-state index in [1.165, 1.54) is 19.2 Å². The van der Waals surface area contributed by atoms with Crippen LogP contribution in [0.3, 0.4) is 0 Å². The smallest absolute Gasteiger partial charge is 0.486 e. The second-order valence-corrected chi connectivity index (χ2v) is 14.1. The summed E-state index contributed by atoms with van der Waals surface area (Å²) in [6, 6.07) is 8.40. The third-order valence-electron chi connectivity index (χ3n) is 7.93. The lowest BCUT2D eigenvalue weighted by Crippen LogP contribution is -2.77. The number of fused-ring (bicyclic) bond motifs is 1. The van der Waals surface area contributed by atoms with Gasteiger partial charge in [-0.1, -0.05) is 11.2 Å². The molecule has 2 aromatic heterocycles. The number of nitrogens with one attached hydrogen (secondary N) is 2. The number of halogens is 3. The fourth-order valence-corrected chi connectivity index (χ4v) is 6.57. The first-order valence-electron chi connectivity index (χ1n) is 15.4. The Hall–Kier alpha value is -5.06. The van der Waals surface area contributed by atoms with E-state index >= 15 is 0 Å². The van der Waals surface area contributed by atoms with Gasteiger partial charge in [-0.2, -0.15) is 26.7 Å². The SMILES string of the molecule is C[n+]1cc(-c2ccc3c(c2)CC[C@@H](CO/N=C(\C(=O)N[C@H]2C(=O)N(OS(=O)(=O)OC(=O)C(F)(F)F)C2(C)C)c2csc(N)n2)O3)ccc1NCCN. The van der Waals surface area contributed by atoms with E-state index in [0.29, 0.717) is 31.7 Å². The van der Waals surface area contributed by atoms with Gasteiger partial charge < -0.3 is 30.5 Å². The summed E-state index contributed by atoms with van der Waals surface area (Å²) in [4.78, 5) is 46.6. The van der Waals surface area contributed by atoms with Crippen LogP contribution in [0.5, 0.6) is 5.75 Å². The molecule has 17 nitrogen and oxygen atoms in total. The van der Waals surface area contributed by atoms with E-state index in [0.717, 1.165) is 33.8 Å². The number of carbonyl (C=O) groups excluding carboxylic acids is 3. The number of rotatable bonds is 13. The second-order valence-electron chi connectivity index (χ2n) is 12.1. The fraction of sp³-hybridized carbons (Fsp3) is 0.400. The van der Waals surface area contributed by atoms with Crippen molar-refractivity contribution in [2.24, 2.45) is 17.9 Å². The summed E-state index contributed by atoms with van der Waals surface area (Å²) in [6.45, 7) is 3.56. The summed E-state index contributed by atoms with van der Waals surface area (Å²) < 4.78 is 76.9. The number of anilines is 2. The van der Waals surface area contributed by atoms with Gasteiger partial charge in [0.05, 0.1) is 25.3 Å². The number of amides is 2. The Morgan fingerprint density at radius 1 is 1.23 bits per heavy atom. The van der Waals surface area contributed by atoms with Crippen LogP contribution in [0.4, 0.5) is 24.1 Å². The molecule has 5 rings (SSSR count). The van der Waals surface area contributed by atoms with Gasteiger partial charge in [-0.3, -0.25) is 14.9 Å². The zero-order valence-electron chi connectivity index (χ0n) is 27.8. The van der Waals surface area contributed by atoms with E-state index in [1.807, 2.05) is 42.1 Å². The molecule has 1 aromatic carbocycles. The summed E-state index contributed by atoms with van der Waals surface area (Å²) >= 11 is 0.993. The van der Waals surface area contributed by atoms with Crippen LogP contribution in [-0.4, -0.2) is 85.5 Å². The maximum atomic E-state index is 13.4. The molecule has 0 saturated carbocycles. The number of hydrogen-bond acceptors (Lipinski definition) is 15. The molecule has 6 N–H and O–H groups in total. The minimum absolute atomic E-state index is 0.00152. The Balaban J connectivity index is 1.22. The van der Waals surface area contributed by atoms with Gasteiger partial charge in [0.15, 0.2) is 17.5 Å². The number of hydrogen-bond donors (Lipinski definition) is 4. The highest BCUT2D eigenvalue weighted by molar-refractivity contribution is 7.82. The number of nitrogen functional groups attached to an aromatic ring is 1. The Bertz CT molecular complexity index is 2010. The first kappa shape index (κ1) is 38.2. The molecule has 0 radical (unpaired) electrons. The van der Waals surface area contributed by atoms with Crippen molar-refractivity contribution < 1.29 is 58.6 Å². The Morgan fingerprint density at radius 3 is 2.60 bits per heavy atom. The van der Waals surface area contributed by atoms with Crippen LogP contribution in [0, 0.1) is 0 Å². The van der Waals surface area contributed by atoms with Gasteiger partial charge in [-0.25, -0.2) is 14.3 Å². The molecule has 2 aliphatic rings. The molecule has 1 saturated heterocycles. The molecule has 1 fully saturated rings. The highest BCUT2D eigenvalue weighted by Crippen LogP contribution is 2.34. The lowest BCUT2D eigenvalue weighted by Gasteiger charge is -2.50. The molecule has 3 aromatic rings. The van der Waals surface area contributed by atoms with Crippen LogP contribution in [0.25, 0.3) is 11.1 Å². The van der Waals surface area contributed by atoms with Crippen molar-refractivity contribution in [3.05, 3.63) is 53.2 Å². The predicted octanol–water partition coefficient (Wildman–Crippen LogP) is 1.09. The van der Waals surface area contributed by atoms with Crippen LogP contribution in [0.2, 0.25) is 0 Å². The van der Waals surface area contributed by atoms with E-state index in [9.17, 15) is 36.0 Å². The zero-order chi connectivity index (χ0) is 38.0. The molecule has 0 unspecified atom stereocenters. The monoisotopic (exact) mass is 771 g/mol. The highest BCUT2D eigenvalue weighted by Gasteiger charge is 2.59. The Morgan fingerprint density at radius 2 is 1.96 bits per heavy atom. The van der Waals surface area contributed by atoms with Crippen molar-refractivity contribution in [2.45, 2.75) is 50.6 Å². The molecule has 280 valence electrons. The number of aromatic nitrogens is 2. The molecule has 0 spiro atoms. The maximum Gasteiger partial charge on any atom is 0.492 e. The standard InChI is InChI=1S/C30H33F3N8O9S2/c1-29(2)24(26(43)41(29)50-52(45,46)49-27(44)30(31,32)33)38-25(42)23(20-15-51-28(35)37-20)39-47-14-19-7-4-17-12-16(5-8-21(17)48-19)18-6-9-22(36-11-10-34)40(3)13-18/h5-6,8-9,12-13,15,19,24H,4,7,10-11,14,34H2,1-3H3,(H3,35,37,38,42)/p+1/b39-23-/t19-,24-/m0/s1. The molecular weight excluding hydrogens is 738 g/mol. The van der Waals surface area contributed by atoms with Gasteiger partial charge in [0.1, 0.15) is 23.6 Å². The number of hydroxylamine groups is 2. The fourth-order valence-electron chi connectivity index (χ4n) is 5.26. The van der Waals surface area contributed by atoms with Crippen molar-refractivity contribution in [2.75, 3.05) is 30.7 Å². The number of alkyl halides is 3. The molecule has 2 atom stereocenters. The quantitative estimate of drug-likeness (QED) is 0.0827. The number of benzene rings is 1. The molecule has 2 amide bonds. The molecule has 4 heterocycles. The first-order valence-corrected chi connectivity index (χ1v) is 17.7. The van der Waals surface area contributed by atoms with Crippen LogP contribution < -0.4 is 31.4 Å². The highest BCUT2D eigenvalue weighted by atomic mass is 32.3. The topological polar surface area (TPSA) is 231 Å². The minimum Gasteiger partial charge on any atom is -0.486 e. The first-order chi connectivity index (χ1) is 24.4. The minimum atomic E-state index is -5.66. The van der Waals surface area contributed by atoms with Crippen LogP contribution >= 0.6 is 11.3 Å². The van der Waals surface area contributed by atoms with Crippen LogP contribution in [-0.2, 0) is 51.6 Å². The van der Waals surface area contributed by atoms with Gasteiger partial charge in [0.2, 0.25) is 0 Å². The summed E-state index contributed by atoms with van der Waals surface area (Å²) in [5, 5.41) is 11.2. The number of oxime groups is 1. The van der Waals surface area contributed by atoms with E-state index in [-0.39, 0.29) is 28.2 Å². The number of β-lactam (4-membered cyclic amide) rings is 1. The van der Waals surface area contributed by atoms with Crippen molar-refractivity contribution in [3.63, 3.8) is 0 Å². The summed E-state index contributed by atoms with van der Waals surface area (Å²) in [7, 11) is -3.72. The normalized spacial score (nSPS) is 18.5. The van der Waals surface area contributed by atoms with Crippen molar-refractivity contribution >= 4 is 56.2 Å². The van der Waals surface area contributed by atoms with Crippen molar-refractivity contribution in [1.82, 2.24) is 15.4 Å². The van der Waals surface area contributed by atoms with Crippen molar-refractivity contribution in [1.29, 1.82) is 0 Å². The number of pyridine rings is 1. The van der Waals surface area contributed by atoms with E-state index in [2.05, 4.69) is 35.3 Å². The largest absolute Gasteiger partial charge is 0.492 e. The third kappa shape index (κ3) is 8.52. The van der Waals surface area contributed by atoms with E-state index in [4.69, 9.17) is 21.0 Å². The molecule has 0 aliphatic carbocycles. The van der Waals surface area contributed by atoms with Gasteiger partial charge in [-0.05, 0) is 56.0 Å². The number of ether oxygens (including phenoxy) is 1. The number of nitrogens with zero attached hydrogens (tertiary/aromatic N) is 4. The van der Waals surface area contributed by atoms with Gasteiger partial charge in [0, 0.05) is 23.6 Å². The Labute approximate surface area is 298 Å². The van der Waals surface area contributed by atoms with E-state index < -0.39 is 52.0 Å². The maximum absolute atomic E-state index is 13.4. The predicted molar refractivity (Wildman–Crippen MR) is 177 cm³/mol. The molecule has 0 bridgehead atoms. The van der Waals surface area contributed by atoms with Gasteiger partial charge >= 0.3 is 22.5 Å². The average molecular weight is 772 g/mol. The van der Waals surface area contributed by atoms with Crippen LogP contribution in [0.15, 0.2) is 47.1 Å². The average Bonchev–Trinajstić information content (AvgIpc) is 3.51. The Kier molecular flexibility index (Phi) is 10.9. The number of thiazole rings is 1. The number of carbonyl (C=O) groups is 3. The van der Waals surface area contributed by atoms with Gasteiger partial charge in [-0.15, -0.1) is 15.6 Å². The van der Waals surface area contributed by atoms with Gasteiger partial charge in [0.25, 0.3) is 17.6 Å². The van der Waals surface area contributed by atoms with Crippen LogP contribution in [0.1, 0.15) is 31.5 Å². The molecular formula is C30H34F3N8O9S2+. The number of aryl methyl sites for hydroxylation is 2. The molecule has 52 heavy (non-hydrogen) atoms. The summed E-state index contributed by atoms with van der Waals surface area (Å²) in [6.07, 6.45) is -2.84. The third-order valence-corrected chi connectivity index (χ3v) is 9.29. The lowest BCUT2D eigenvalue weighted by molar-refractivity contribution is -0.656. The number of nitrogens with two attached hydrogens (primary N) is 2. The molecule has 2 aliphatic heterocycles. The zero-order valence-corrected chi connectivity index (χ0v) is 29.4. The molecule has 22 heteroatoms. The summed E-state index contributed by atoms with van der Waals surface area (Å²) in [5.41, 5.74) is 12.3. The van der Waals surface area contributed by atoms with E-state index in [1.54, 1.807) is 0 Å².